The summed E-state index contributed by atoms with van der Waals surface area (Å²) in [5.74, 6) is 0.633. The van der Waals surface area contributed by atoms with Gasteiger partial charge in [-0.2, -0.15) is 0 Å². The number of hydrogen-bond acceptors (Lipinski definition) is 5. The number of anilines is 1. The number of sulfone groups is 1. The summed E-state index contributed by atoms with van der Waals surface area (Å²) in [4.78, 5) is 6.65. The molecule has 1 N–H and O–H groups in total. The average molecular weight is 379 g/mol. The molecule has 0 aromatic heterocycles. The molecule has 1 aliphatic heterocycles. The Hall–Kier alpha value is -1.89. The van der Waals surface area contributed by atoms with Gasteiger partial charge >= 0.3 is 0 Å². The Labute approximate surface area is 152 Å². The van der Waals surface area contributed by atoms with E-state index in [4.69, 9.17) is 11.6 Å². The summed E-state index contributed by atoms with van der Waals surface area (Å²) in [6, 6.07) is 13.8. The Morgan fingerprint density at radius 3 is 2.28 bits per heavy atom. The highest BCUT2D eigenvalue weighted by molar-refractivity contribution is 7.90. The molecule has 0 saturated carbocycles. The van der Waals surface area contributed by atoms with Gasteiger partial charge in [0.2, 0.25) is 0 Å². The predicted molar refractivity (Wildman–Crippen MR) is 100 cm³/mol. The molecule has 2 aromatic carbocycles. The Kier molecular flexibility index (Phi) is 4.62. The lowest BCUT2D eigenvalue weighted by molar-refractivity contribution is 0.0633. The van der Waals surface area contributed by atoms with Gasteiger partial charge in [0.1, 0.15) is 5.84 Å². The van der Waals surface area contributed by atoms with Gasteiger partial charge in [0.05, 0.1) is 11.4 Å². The van der Waals surface area contributed by atoms with Gasteiger partial charge in [0.25, 0.3) is 0 Å². The van der Waals surface area contributed by atoms with Gasteiger partial charge in [-0.3, -0.25) is 0 Å². The van der Waals surface area contributed by atoms with Crippen LogP contribution < -0.4 is 4.90 Å². The molecule has 25 heavy (non-hydrogen) atoms. The highest BCUT2D eigenvalue weighted by Gasteiger charge is 2.37. The van der Waals surface area contributed by atoms with E-state index in [0.29, 0.717) is 23.8 Å². The van der Waals surface area contributed by atoms with Gasteiger partial charge in [0.15, 0.2) is 15.6 Å². The van der Waals surface area contributed by atoms with E-state index in [1.807, 2.05) is 24.0 Å². The SMILES string of the molecule is CCC1(O)CN(c2ccc(S(C)(=O)=O)cc2)C(c2ccc(Cl)cc2)=N1. The number of aliphatic imine (C=N–C) groups is 1. The molecule has 0 spiro atoms. The first-order valence-corrected chi connectivity index (χ1v) is 10.1. The van der Waals surface area contributed by atoms with Crippen molar-refractivity contribution in [2.75, 3.05) is 17.7 Å². The summed E-state index contributed by atoms with van der Waals surface area (Å²) >= 11 is 5.96. The number of aliphatic hydroxyl groups is 1. The minimum atomic E-state index is -3.25. The molecule has 3 rings (SSSR count). The van der Waals surface area contributed by atoms with Crippen molar-refractivity contribution in [2.24, 2.45) is 4.99 Å². The van der Waals surface area contributed by atoms with Crippen molar-refractivity contribution in [3.05, 3.63) is 59.1 Å². The van der Waals surface area contributed by atoms with Crippen LogP contribution in [0.15, 0.2) is 58.4 Å². The predicted octanol–water partition coefficient (Wildman–Crippen LogP) is 3.11. The van der Waals surface area contributed by atoms with Crippen LogP contribution >= 0.6 is 11.6 Å². The molecule has 1 aliphatic rings. The monoisotopic (exact) mass is 378 g/mol. The van der Waals surface area contributed by atoms with Crippen LogP contribution in [-0.2, 0) is 9.84 Å². The maximum absolute atomic E-state index is 11.6. The molecule has 0 amide bonds. The van der Waals surface area contributed by atoms with Gasteiger partial charge in [0, 0.05) is 22.5 Å². The normalized spacial score (nSPS) is 20.6. The number of rotatable bonds is 4. The Morgan fingerprint density at radius 2 is 1.76 bits per heavy atom. The van der Waals surface area contributed by atoms with Crippen LogP contribution in [0.5, 0.6) is 0 Å². The lowest BCUT2D eigenvalue weighted by atomic mass is 10.1. The molecule has 1 atom stereocenters. The van der Waals surface area contributed by atoms with Crippen molar-refractivity contribution in [3.63, 3.8) is 0 Å². The molecule has 7 heteroatoms. The van der Waals surface area contributed by atoms with E-state index in [2.05, 4.69) is 4.99 Å². The molecule has 132 valence electrons. The summed E-state index contributed by atoms with van der Waals surface area (Å²) in [6.45, 7) is 2.18. The summed E-state index contributed by atoms with van der Waals surface area (Å²) in [6.07, 6.45) is 1.65. The fraction of sp³-hybridized carbons (Fsp3) is 0.278. The number of amidine groups is 1. The zero-order chi connectivity index (χ0) is 18.2. The molecule has 0 radical (unpaired) electrons. The number of nitrogens with zero attached hydrogens (tertiary/aromatic N) is 2. The second-order valence-electron chi connectivity index (χ2n) is 6.13. The number of halogens is 1. The van der Waals surface area contributed by atoms with Gasteiger partial charge in [-0.1, -0.05) is 18.5 Å². The summed E-state index contributed by atoms with van der Waals surface area (Å²) < 4.78 is 23.3. The van der Waals surface area contributed by atoms with Crippen molar-refractivity contribution in [2.45, 2.75) is 24.0 Å². The lowest BCUT2D eigenvalue weighted by Crippen LogP contribution is -2.35. The van der Waals surface area contributed by atoms with Gasteiger partial charge in [-0.05, 0) is 55.0 Å². The van der Waals surface area contributed by atoms with Crippen molar-refractivity contribution in [1.29, 1.82) is 0 Å². The molecule has 0 fully saturated rings. The third-order valence-corrected chi connectivity index (χ3v) is 5.61. The lowest BCUT2D eigenvalue weighted by Gasteiger charge is -2.23. The zero-order valence-corrected chi connectivity index (χ0v) is 15.5. The first kappa shape index (κ1) is 17.9. The van der Waals surface area contributed by atoms with Crippen molar-refractivity contribution >= 4 is 33.0 Å². The molecule has 1 unspecified atom stereocenters. The van der Waals surface area contributed by atoms with Crippen molar-refractivity contribution in [1.82, 2.24) is 0 Å². The molecule has 0 bridgehead atoms. The first-order chi connectivity index (χ1) is 11.7. The van der Waals surface area contributed by atoms with E-state index in [-0.39, 0.29) is 4.90 Å². The van der Waals surface area contributed by atoms with Crippen LogP contribution in [-0.4, -0.2) is 37.9 Å². The number of β-amino-alcohol motifs (C(OH)–C–C–N with tert-alkyl or cyclic N) is 1. The quantitative estimate of drug-likeness (QED) is 0.887. The second kappa shape index (κ2) is 6.44. The van der Waals surface area contributed by atoms with Crippen LogP contribution in [0.25, 0.3) is 0 Å². The smallest absolute Gasteiger partial charge is 0.176 e. The highest BCUT2D eigenvalue weighted by atomic mass is 35.5. The number of hydrogen-bond donors (Lipinski definition) is 1. The van der Waals surface area contributed by atoms with E-state index in [1.165, 1.54) is 6.26 Å². The molecule has 5 nitrogen and oxygen atoms in total. The molecular weight excluding hydrogens is 360 g/mol. The summed E-state index contributed by atoms with van der Waals surface area (Å²) in [5, 5.41) is 11.3. The third kappa shape index (κ3) is 3.71. The maximum atomic E-state index is 11.6. The van der Waals surface area contributed by atoms with Gasteiger partial charge in [-0.15, -0.1) is 0 Å². The summed E-state index contributed by atoms with van der Waals surface area (Å²) in [7, 11) is -3.25. The minimum absolute atomic E-state index is 0.256. The largest absolute Gasteiger partial charge is 0.368 e. The Bertz CT molecular complexity index is 908. The average Bonchev–Trinajstić information content (AvgIpc) is 2.94. The summed E-state index contributed by atoms with van der Waals surface area (Å²) in [5.41, 5.74) is 0.427. The number of benzene rings is 2. The highest BCUT2D eigenvalue weighted by Crippen LogP contribution is 2.30. The van der Waals surface area contributed by atoms with E-state index in [9.17, 15) is 13.5 Å². The van der Waals surface area contributed by atoms with Crippen LogP contribution in [0.2, 0.25) is 5.02 Å². The fourth-order valence-electron chi connectivity index (χ4n) is 2.72. The fourth-order valence-corrected chi connectivity index (χ4v) is 3.47. The van der Waals surface area contributed by atoms with Gasteiger partial charge < -0.3 is 10.0 Å². The molecule has 0 saturated heterocycles. The Balaban J connectivity index is 2.02. The van der Waals surface area contributed by atoms with Gasteiger partial charge in [-0.25, -0.2) is 13.4 Å². The van der Waals surface area contributed by atoms with E-state index in [1.54, 1.807) is 36.4 Å². The first-order valence-electron chi connectivity index (χ1n) is 7.88. The zero-order valence-electron chi connectivity index (χ0n) is 14.0. The van der Waals surface area contributed by atoms with Crippen LogP contribution in [0, 0.1) is 0 Å². The van der Waals surface area contributed by atoms with E-state index >= 15 is 0 Å². The minimum Gasteiger partial charge on any atom is -0.368 e. The molecule has 0 aliphatic carbocycles. The molecule has 1 heterocycles. The maximum Gasteiger partial charge on any atom is 0.176 e. The third-order valence-electron chi connectivity index (χ3n) is 4.23. The van der Waals surface area contributed by atoms with Crippen LogP contribution in [0.4, 0.5) is 5.69 Å². The van der Waals surface area contributed by atoms with E-state index in [0.717, 1.165) is 11.3 Å². The van der Waals surface area contributed by atoms with Crippen molar-refractivity contribution < 1.29 is 13.5 Å². The van der Waals surface area contributed by atoms with Crippen LogP contribution in [0.1, 0.15) is 18.9 Å². The molecular formula is C18H19ClN2O3S. The second-order valence-corrected chi connectivity index (χ2v) is 8.58. The Morgan fingerprint density at radius 1 is 1.16 bits per heavy atom. The van der Waals surface area contributed by atoms with E-state index < -0.39 is 15.6 Å². The topological polar surface area (TPSA) is 70.0 Å². The standard InChI is InChI=1S/C18H19ClN2O3S/c1-3-18(22)12-21(15-8-10-16(11-9-15)25(2,23)24)17(20-18)13-4-6-14(19)7-5-13/h4-11,22H,3,12H2,1-2H3. The molecule has 2 aromatic rings. The van der Waals surface area contributed by atoms with Crippen LogP contribution in [0.3, 0.4) is 0 Å². The van der Waals surface area contributed by atoms with Crippen molar-refractivity contribution in [3.8, 4) is 0 Å².